The smallest absolute Gasteiger partial charge is 0.252 e. The number of hydrogen-bond donors (Lipinski definition) is 1. The Hall–Kier alpha value is -3.49. The van der Waals surface area contributed by atoms with Gasteiger partial charge in [-0.3, -0.25) is 9.59 Å². The normalized spacial score (nSPS) is 16.5. The lowest BCUT2D eigenvalue weighted by Crippen LogP contribution is -2.64. The molecule has 9 heteroatoms. The van der Waals surface area contributed by atoms with Gasteiger partial charge in [0, 0.05) is 25.6 Å². The number of rotatable bonds is 2. The average Bonchev–Trinajstić information content (AvgIpc) is 3.10. The highest BCUT2D eigenvalue weighted by molar-refractivity contribution is 6.03. The molecule has 4 rings (SSSR count). The van der Waals surface area contributed by atoms with Crippen molar-refractivity contribution in [2.75, 3.05) is 23.7 Å². The molecule has 1 saturated heterocycles. The highest BCUT2D eigenvalue weighted by Crippen LogP contribution is 2.33. The van der Waals surface area contributed by atoms with Crippen LogP contribution in [0.25, 0.3) is 16.8 Å². The fourth-order valence-corrected chi connectivity index (χ4v) is 3.86. The highest BCUT2D eigenvalue weighted by atomic mass is 19.1. The third-order valence-corrected chi connectivity index (χ3v) is 5.39. The molecule has 0 spiro atoms. The molecule has 8 nitrogen and oxygen atoms in total. The van der Waals surface area contributed by atoms with Gasteiger partial charge in [-0.2, -0.15) is 5.10 Å². The summed E-state index contributed by atoms with van der Waals surface area (Å²) in [7, 11) is 0. The summed E-state index contributed by atoms with van der Waals surface area (Å²) in [4.78, 5) is 31.9. The summed E-state index contributed by atoms with van der Waals surface area (Å²) in [5, 5.41) is 4.22. The Kier molecular flexibility index (Phi) is 4.25. The van der Waals surface area contributed by atoms with Gasteiger partial charge in [0.05, 0.1) is 11.4 Å². The van der Waals surface area contributed by atoms with Gasteiger partial charge in [-0.1, -0.05) is 0 Å². The molecule has 1 aromatic carbocycles. The van der Waals surface area contributed by atoms with Gasteiger partial charge < -0.3 is 15.5 Å². The molecule has 3 aromatic rings. The van der Waals surface area contributed by atoms with Crippen molar-refractivity contribution in [3.63, 3.8) is 0 Å². The Bertz CT molecular complexity index is 1140. The van der Waals surface area contributed by atoms with Crippen LogP contribution in [0.4, 0.5) is 15.9 Å². The molecule has 0 atom stereocenters. The number of aromatic nitrogens is 3. The number of nitrogens with zero attached hydrogens (tertiary/aromatic N) is 5. The topological polar surface area (TPSA) is 96.8 Å². The molecular formula is C20H21FN6O2. The third kappa shape index (κ3) is 2.89. The molecule has 0 radical (unpaired) electrons. The van der Waals surface area contributed by atoms with E-state index >= 15 is 0 Å². The van der Waals surface area contributed by atoms with Crippen LogP contribution in [0.5, 0.6) is 0 Å². The van der Waals surface area contributed by atoms with Crippen molar-refractivity contribution in [2.45, 2.75) is 26.3 Å². The lowest BCUT2D eigenvalue weighted by atomic mass is 9.96. The number of benzene rings is 1. The number of carbonyl (C=O) groups excluding carboxylic acids is 2. The molecule has 2 amide bonds. The maximum atomic E-state index is 14.7. The fraction of sp³-hybridized carbons (Fsp3) is 0.300. The van der Waals surface area contributed by atoms with Crippen LogP contribution in [0.2, 0.25) is 0 Å². The molecule has 3 heterocycles. The second kappa shape index (κ2) is 6.54. The van der Waals surface area contributed by atoms with Crippen LogP contribution in [-0.4, -0.2) is 49.9 Å². The molecule has 0 aliphatic carbocycles. The van der Waals surface area contributed by atoms with Crippen LogP contribution in [0.1, 0.15) is 20.8 Å². The summed E-state index contributed by atoms with van der Waals surface area (Å²) in [5.41, 5.74) is 7.01. The van der Waals surface area contributed by atoms with Gasteiger partial charge in [0.15, 0.2) is 5.82 Å². The van der Waals surface area contributed by atoms with E-state index in [9.17, 15) is 14.0 Å². The van der Waals surface area contributed by atoms with Gasteiger partial charge >= 0.3 is 0 Å². The predicted molar refractivity (Wildman–Crippen MR) is 107 cm³/mol. The summed E-state index contributed by atoms with van der Waals surface area (Å²) in [6.07, 6.45) is 1.35. The van der Waals surface area contributed by atoms with Gasteiger partial charge in [0.2, 0.25) is 5.91 Å². The lowest BCUT2D eigenvalue weighted by molar-refractivity contribution is -0.145. The second-order valence-electron chi connectivity index (χ2n) is 7.51. The van der Waals surface area contributed by atoms with E-state index in [2.05, 4.69) is 10.1 Å². The summed E-state index contributed by atoms with van der Waals surface area (Å²) >= 11 is 0. The van der Waals surface area contributed by atoms with Crippen LogP contribution >= 0.6 is 0 Å². The molecule has 0 saturated carbocycles. The van der Waals surface area contributed by atoms with E-state index in [1.165, 1.54) is 29.1 Å². The minimum absolute atomic E-state index is 0.167. The first kappa shape index (κ1) is 18.9. The van der Waals surface area contributed by atoms with Crippen molar-refractivity contribution in [3.8, 4) is 11.3 Å². The standard InChI is InChI=1S/C20H21FN6O2/c1-12(28)26-9-8-25(19(29)20(26,2)3)17-10-13(4-5-14(17)21)15-6-7-16-18(22)23-11-24-27(15)16/h4-7,10-11H,8-9H2,1-3H3,(H2,22,23,24). The molecule has 0 bridgehead atoms. The number of amides is 2. The van der Waals surface area contributed by atoms with Gasteiger partial charge in [-0.25, -0.2) is 13.9 Å². The van der Waals surface area contributed by atoms with Gasteiger partial charge in [-0.05, 0) is 44.2 Å². The highest BCUT2D eigenvalue weighted by Gasteiger charge is 2.44. The van der Waals surface area contributed by atoms with E-state index in [0.717, 1.165) is 0 Å². The molecule has 150 valence electrons. The SMILES string of the molecule is CC(=O)N1CCN(c2cc(-c3ccc4c(N)ncnn34)ccc2F)C(=O)C1(C)C. The van der Waals surface area contributed by atoms with Crippen molar-refractivity contribution >= 4 is 28.8 Å². The molecule has 0 unspecified atom stereocenters. The number of hydrogen-bond acceptors (Lipinski definition) is 5. The number of carbonyl (C=O) groups is 2. The van der Waals surface area contributed by atoms with Crippen LogP contribution in [0.15, 0.2) is 36.7 Å². The molecular weight excluding hydrogens is 375 g/mol. The number of halogens is 1. The van der Waals surface area contributed by atoms with Gasteiger partial charge in [0.1, 0.15) is 23.2 Å². The van der Waals surface area contributed by atoms with Crippen LogP contribution in [-0.2, 0) is 9.59 Å². The third-order valence-electron chi connectivity index (χ3n) is 5.39. The minimum Gasteiger partial charge on any atom is -0.382 e. The Labute approximate surface area is 166 Å². The fourth-order valence-electron chi connectivity index (χ4n) is 3.86. The molecule has 29 heavy (non-hydrogen) atoms. The zero-order valence-electron chi connectivity index (χ0n) is 16.4. The molecule has 1 fully saturated rings. The Morgan fingerprint density at radius 2 is 1.97 bits per heavy atom. The quantitative estimate of drug-likeness (QED) is 0.715. The number of fused-ring (bicyclic) bond motifs is 1. The first-order valence-electron chi connectivity index (χ1n) is 9.20. The first-order chi connectivity index (χ1) is 13.7. The van der Waals surface area contributed by atoms with Gasteiger partial charge in [-0.15, -0.1) is 0 Å². The summed E-state index contributed by atoms with van der Waals surface area (Å²) in [6.45, 7) is 5.31. The predicted octanol–water partition coefficient (Wildman–Crippen LogP) is 2.09. The maximum Gasteiger partial charge on any atom is 0.252 e. The molecule has 2 aromatic heterocycles. The van der Waals surface area contributed by atoms with Crippen LogP contribution < -0.4 is 10.6 Å². The zero-order valence-corrected chi connectivity index (χ0v) is 16.4. The number of nitrogens with two attached hydrogens (primary N) is 1. The van der Waals surface area contributed by atoms with Crippen molar-refractivity contribution in [1.82, 2.24) is 19.5 Å². The van der Waals surface area contributed by atoms with Gasteiger partial charge in [0.25, 0.3) is 5.91 Å². The Morgan fingerprint density at radius 1 is 1.21 bits per heavy atom. The minimum atomic E-state index is -1.06. The number of piperazine rings is 1. The maximum absolute atomic E-state index is 14.7. The van der Waals surface area contributed by atoms with Crippen molar-refractivity contribution in [3.05, 3.63) is 42.5 Å². The van der Waals surface area contributed by atoms with Crippen molar-refractivity contribution < 1.29 is 14.0 Å². The van der Waals surface area contributed by atoms with E-state index in [1.807, 2.05) is 6.07 Å². The van der Waals surface area contributed by atoms with E-state index < -0.39 is 11.4 Å². The summed E-state index contributed by atoms with van der Waals surface area (Å²) in [6, 6.07) is 8.17. The van der Waals surface area contributed by atoms with Crippen molar-refractivity contribution in [1.29, 1.82) is 0 Å². The van der Waals surface area contributed by atoms with E-state index in [0.29, 0.717) is 29.1 Å². The number of nitrogen functional groups attached to an aromatic ring is 1. The molecule has 2 N–H and O–H groups in total. The van der Waals surface area contributed by atoms with Crippen molar-refractivity contribution in [2.24, 2.45) is 0 Å². The molecule has 1 aliphatic rings. The van der Waals surface area contributed by atoms with Crippen LogP contribution in [0.3, 0.4) is 0 Å². The summed E-state index contributed by atoms with van der Waals surface area (Å²) < 4.78 is 16.4. The first-order valence-corrected chi connectivity index (χ1v) is 9.20. The zero-order chi connectivity index (χ0) is 20.9. The second-order valence-corrected chi connectivity index (χ2v) is 7.51. The average molecular weight is 396 g/mol. The van der Waals surface area contributed by atoms with E-state index in [-0.39, 0.29) is 24.0 Å². The summed E-state index contributed by atoms with van der Waals surface area (Å²) in [5.74, 6) is -0.689. The largest absolute Gasteiger partial charge is 0.382 e. The molecule has 1 aliphatic heterocycles. The Balaban J connectivity index is 1.77. The number of anilines is 2. The monoisotopic (exact) mass is 396 g/mol. The lowest BCUT2D eigenvalue weighted by Gasteiger charge is -2.45. The Morgan fingerprint density at radius 3 is 2.69 bits per heavy atom. The van der Waals surface area contributed by atoms with Crippen LogP contribution in [0, 0.1) is 5.82 Å². The van der Waals surface area contributed by atoms with E-state index in [1.54, 1.807) is 36.6 Å². The van der Waals surface area contributed by atoms with E-state index in [4.69, 9.17) is 5.73 Å².